The summed E-state index contributed by atoms with van der Waals surface area (Å²) in [4.78, 5) is 13.7. The Kier molecular flexibility index (Phi) is 3.92. The summed E-state index contributed by atoms with van der Waals surface area (Å²) in [6.07, 6.45) is 0. The Morgan fingerprint density at radius 2 is 1.83 bits per heavy atom. The van der Waals surface area contributed by atoms with E-state index in [0.29, 0.717) is 17.2 Å². The molecular formula is C17H17FN2O3. The minimum Gasteiger partial charge on any atom is -0.493 e. The molecule has 1 heterocycles. The molecule has 1 fully saturated rings. The number of nitrogens with zero attached hydrogens (tertiary/aromatic N) is 1. The van der Waals surface area contributed by atoms with Crippen LogP contribution in [0.3, 0.4) is 0 Å². The number of hydrogen-bond acceptors (Lipinski definition) is 4. The number of nitrogens with two attached hydrogens (primary N) is 1. The average Bonchev–Trinajstić information content (AvgIpc) is 2.58. The van der Waals surface area contributed by atoms with Crippen LogP contribution in [0.2, 0.25) is 0 Å². The van der Waals surface area contributed by atoms with E-state index in [9.17, 15) is 9.18 Å². The van der Waals surface area contributed by atoms with E-state index in [2.05, 4.69) is 0 Å². The Morgan fingerprint density at radius 3 is 2.48 bits per heavy atom. The first-order valence-corrected chi connectivity index (χ1v) is 7.13. The normalized spacial score (nSPS) is 20.2. The second-order valence-electron chi connectivity index (χ2n) is 5.27. The lowest BCUT2D eigenvalue weighted by Crippen LogP contribution is -2.63. The highest BCUT2D eigenvalue weighted by Gasteiger charge is 2.46. The van der Waals surface area contributed by atoms with Crippen molar-refractivity contribution in [1.29, 1.82) is 0 Å². The lowest BCUT2D eigenvalue weighted by molar-refractivity contribution is -0.126. The van der Waals surface area contributed by atoms with E-state index < -0.39 is 11.9 Å². The van der Waals surface area contributed by atoms with Gasteiger partial charge in [0.25, 0.3) is 0 Å². The van der Waals surface area contributed by atoms with Crippen LogP contribution in [0.25, 0.3) is 0 Å². The summed E-state index contributed by atoms with van der Waals surface area (Å²) < 4.78 is 24.0. The van der Waals surface area contributed by atoms with Gasteiger partial charge in [-0.15, -0.1) is 0 Å². The topological polar surface area (TPSA) is 64.8 Å². The van der Waals surface area contributed by atoms with E-state index in [-0.39, 0.29) is 11.9 Å². The second-order valence-corrected chi connectivity index (χ2v) is 5.27. The summed E-state index contributed by atoms with van der Waals surface area (Å²) >= 11 is 0. The van der Waals surface area contributed by atoms with Gasteiger partial charge in [0, 0.05) is 5.69 Å². The van der Waals surface area contributed by atoms with E-state index in [1.54, 1.807) is 31.4 Å². The van der Waals surface area contributed by atoms with Gasteiger partial charge in [0.15, 0.2) is 11.5 Å². The monoisotopic (exact) mass is 316 g/mol. The number of halogens is 1. The van der Waals surface area contributed by atoms with Crippen molar-refractivity contribution in [3.05, 3.63) is 53.8 Å². The van der Waals surface area contributed by atoms with Crippen molar-refractivity contribution in [2.75, 3.05) is 19.1 Å². The zero-order valence-electron chi connectivity index (χ0n) is 12.8. The fourth-order valence-corrected chi connectivity index (χ4v) is 2.82. The van der Waals surface area contributed by atoms with Gasteiger partial charge in [0.2, 0.25) is 5.91 Å². The van der Waals surface area contributed by atoms with Crippen LogP contribution in [0.4, 0.5) is 10.1 Å². The number of anilines is 1. The van der Waals surface area contributed by atoms with Crippen LogP contribution in [-0.4, -0.2) is 26.2 Å². The highest BCUT2D eigenvalue weighted by Crippen LogP contribution is 2.40. The maximum absolute atomic E-state index is 13.5. The van der Waals surface area contributed by atoms with E-state index in [0.717, 1.165) is 5.56 Å². The number of carbonyl (C=O) groups excluding carboxylic acids is 1. The summed E-state index contributed by atoms with van der Waals surface area (Å²) in [5, 5.41) is 0. The molecule has 0 aromatic heterocycles. The van der Waals surface area contributed by atoms with Crippen LogP contribution in [0.1, 0.15) is 11.6 Å². The van der Waals surface area contributed by atoms with Crippen molar-refractivity contribution < 1.29 is 18.7 Å². The molecule has 2 atom stereocenters. The fourth-order valence-electron chi connectivity index (χ4n) is 2.82. The quantitative estimate of drug-likeness (QED) is 0.879. The zero-order valence-corrected chi connectivity index (χ0v) is 12.8. The van der Waals surface area contributed by atoms with Gasteiger partial charge >= 0.3 is 0 Å². The minimum absolute atomic E-state index is 0.240. The predicted octanol–water partition coefficient (Wildman–Crippen LogP) is 2.26. The Morgan fingerprint density at radius 1 is 1.09 bits per heavy atom. The first-order chi connectivity index (χ1) is 11.1. The largest absolute Gasteiger partial charge is 0.493 e. The Bertz CT molecular complexity index is 750. The van der Waals surface area contributed by atoms with Gasteiger partial charge in [-0.1, -0.05) is 12.1 Å². The van der Waals surface area contributed by atoms with E-state index in [4.69, 9.17) is 15.2 Å². The summed E-state index contributed by atoms with van der Waals surface area (Å²) in [5.74, 6) is 0.501. The standard InChI is InChI=1S/C17H17FN2O3/c1-22-13-7-6-10(8-14(13)23-2)16-15(19)17(21)20(16)12-5-3-4-11(18)9-12/h3-9,15-16H,19H2,1-2H3/t15-,16+/m1/s1. The molecule has 2 N–H and O–H groups in total. The summed E-state index contributed by atoms with van der Waals surface area (Å²) in [6, 6.07) is 10.2. The molecule has 0 saturated carbocycles. The molecule has 0 spiro atoms. The molecule has 120 valence electrons. The van der Waals surface area contributed by atoms with Crippen molar-refractivity contribution >= 4 is 11.6 Å². The van der Waals surface area contributed by atoms with Crippen molar-refractivity contribution in [3.8, 4) is 11.5 Å². The maximum Gasteiger partial charge on any atom is 0.247 e. The molecule has 1 saturated heterocycles. The average molecular weight is 316 g/mol. The van der Waals surface area contributed by atoms with Crippen molar-refractivity contribution in [1.82, 2.24) is 0 Å². The van der Waals surface area contributed by atoms with Gasteiger partial charge in [0.05, 0.1) is 20.3 Å². The van der Waals surface area contributed by atoms with Crippen LogP contribution >= 0.6 is 0 Å². The number of rotatable bonds is 4. The lowest BCUT2D eigenvalue weighted by atomic mass is 9.88. The molecule has 1 amide bonds. The molecule has 0 bridgehead atoms. The first-order valence-electron chi connectivity index (χ1n) is 7.13. The van der Waals surface area contributed by atoms with Gasteiger partial charge < -0.3 is 20.1 Å². The van der Waals surface area contributed by atoms with Gasteiger partial charge in [-0.25, -0.2) is 4.39 Å². The van der Waals surface area contributed by atoms with E-state index in [1.807, 2.05) is 6.07 Å². The molecule has 2 aromatic carbocycles. The van der Waals surface area contributed by atoms with Gasteiger partial charge in [0.1, 0.15) is 11.9 Å². The molecule has 23 heavy (non-hydrogen) atoms. The summed E-state index contributed by atoms with van der Waals surface area (Å²) in [5.41, 5.74) is 7.26. The number of hydrogen-bond donors (Lipinski definition) is 1. The van der Waals surface area contributed by atoms with Crippen molar-refractivity contribution in [2.45, 2.75) is 12.1 Å². The van der Waals surface area contributed by atoms with Gasteiger partial charge in [-0.3, -0.25) is 4.79 Å². The third-order valence-electron chi connectivity index (χ3n) is 3.98. The summed E-state index contributed by atoms with van der Waals surface area (Å²) in [6.45, 7) is 0. The predicted molar refractivity (Wildman–Crippen MR) is 84.1 cm³/mol. The number of benzene rings is 2. The lowest BCUT2D eigenvalue weighted by Gasteiger charge is -2.45. The smallest absolute Gasteiger partial charge is 0.247 e. The highest BCUT2D eigenvalue weighted by atomic mass is 19.1. The van der Waals surface area contributed by atoms with Crippen LogP contribution in [-0.2, 0) is 4.79 Å². The molecule has 3 rings (SSSR count). The number of β-lactam (4-membered cyclic amide) rings is 1. The number of amides is 1. The Labute approximate surface area is 133 Å². The molecule has 5 nitrogen and oxygen atoms in total. The molecule has 1 aliphatic heterocycles. The molecule has 1 aliphatic rings. The maximum atomic E-state index is 13.5. The van der Waals surface area contributed by atoms with Crippen LogP contribution in [0.15, 0.2) is 42.5 Å². The number of carbonyl (C=O) groups is 1. The van der Waals surface area contributed by atoms with Gasteiger partial charge in [-0.2, -0.15) is 0 Å². The number of ether oxygens (including phenoxy) is 2. The highest BCUT2D eigenvalue weighted by molar-refractivity contribution is 6.05. The molecule has 6 heteroatoms. The van der Waals surface area contributed by atoms with E-state index in [1.165, 1.54) is 24.1 Å². The zero-order chi connectivity index (χ0) is 16.6. The van der Waals surface area contributed by atoms with Crippen LogP contribution in [0.5, 0.6) is 11.5 Å². The van der Waals surface area contributed by atoms with Gasteiger partial charge in [-0.05, 0) is 35.9 Å². The molecule has 0 radical (unpaired) electrons. The minimum atomic E-state index is -0.670. The first kappa shape index (κ1) is 15.3. The third-order valence-corrected chi connectivity index (χ3v) is 3.98. The van der Waals surface area contributed by atoms with Crippen LogP contribution < -0.4 is 20.1 Å². The molecule has 0 unspecified atom stereocenters. The fraction of sp³-hybridized carbons (Fsp3) is 0.235. The number of methoxy groups -OCH3 is 2. The Hall–Kier alpha value is -2.60. The van der Waals surface area contributed by atoms with E-state index >= 15 is 0 Å². The SMILES string of the molecule is COc1ccc([C@H]2[C@@H](N)C(=O)N2c2cccc(F)c2)cc1OC. The third kappa shape index (κ3) is 2.51. The van der Waals surface area contributed by atoms with Crippen LogP contribution in [0, 0.1) is 5.82 Å². The van der Waals surface area contributed by atoms with Crippen molar-refractivity contribution in [3.63, 3.8) is 0 Å². The molecule has 0 aliphatic carbocycles. The molecular weight excluding hydrogens is 299 g/mol. The molecule has 2 aromatic rings. The van der Waals surface area contributed by atoms with Crippen molar-refractivity contribution in [2.24, 2.45) is 5.73 Å². The second kappa shape index (κ2) is 5.89. The summed E-state index contributed by atoms with van der Waals surface area (Å²) in [7, 11) is 3.09. The Balaban J connectivity index is 1.99.